The summed E-state index contributed by atoms with van der Waals surface area (Å²) >= 11 is 3.42. The number of hydrogen-bond donors (Lipinski definition) is 1. The molecule has 0 saturated heterocycles. The van der Waals surface area contributed by atoms with Gasteiger partial charge < -0.3 is 10.1 Å². The maximum atomic E-state index is 11.5. The fraction of sp³-hybridized carbons (Fsp3) is 0.167. The van der Waals surface area contributed by atoms with Crippen molar-refractivity contribution in [3.63, 3.8) is 0 Å². The molecule has 0 saturated carbocycles. The largest absolute Gasteiger partial charge is 0.478 e. The SMILES string of the molecule is CC1Oc2c(cnc3ccc(Br)cc23)NC1=O. The fourth-order valence-electron chi connectivity index (χ4n) is 1.82. The first-order valence-corrected chi connectivity index (χ1v) is 6.00. The average Bonchev–Trinajstić information content (AvgIpc) is 2.31. The summed E-state index contributed by atoms with van der Waals surface area (Å²) in [7, 11) is 0. The van der Waals surface area contributed by atoms with E-state index in [1.54, 1.807) is 13.1 Å². The Bertz CT molecular complexity index is 627. The second-order valence-corrected chi connectivity index (χ2v) is 4.83. The summed E-state index contributed by atoms with van der Waals surface area (Å²) < 4.78 is 6.59. The van der Waals surface area contributed by atoms with Gasteiger partial charge in [0.15, 0.2) is 11.9 Å². The average molecular weight is 293 g/mol. The van der Waals surface area contributed by atoms with Gasteiger partial charge in [-0.3, -0.25) is 9.78 Å². The summed E-state index contributed by atoms with van der Waals surface area (Å²) in [6.07, 6.45) is 1.14. The molecule has 0 aliphatic carbocycles. The van der Waals surface area contributed by atoms with E-state index in [4.69, 9.17) is 4.74 Å². The number of benzene rings is 1. The Morgan fingerprint density at radius 1 is 1.47 bits per heavy atom. The number of nitrogens with one attached hydrogen (secondary N) is 1. The van der Waals surface area contributed by atoms with Gasteiger partial charge >= 0.3 is 0 Å². The van der Waals surface area contributed by atoms with E-state index >= 15 is 0 Å². The number of pyridine rings is 1. The molecule has 2 heterocycles. The van der Waals surface area contributed by atoms with Crippen LogP contribution in [-0.2, 0) is 4.79 Å². The Balaban J connectivity index is 2.28. The van der Waals surface area contributed by atoms with E-state index in [0.29, 0.717) is 11.4 Å². The maximum absolute atomic E-state index is 11.5. The Morgan fingerprint density at radius 3 is 3.12 bits per heavy atom. The molecule has 1 aliphatic heterocycles. The van der Waals surface area contributed by atoms with E-state index < -0.39 is 6.10 Å². The van der Waals surface area contributed by atoms with E-state index in [1.807, 2.05) is 18.2 Å². The summed E-state index contributed by atoms with van der Waals surface area (Å²) in [5.41, 5.74) is 1.47. The van der Waals surface area contributed by atoms with Crippen LogP contribution in [0.5, 0.6) is 5.75 Å². The van der Waals surface area contributed by atoms with E-state index in [9.17, 15) is 4.79 Å². The van der Waals surface area contributed by atoms with Crippen LogP contribution in [0.1, 0.15) is 6.92 Å². The molecular weight excluding hydrogens is 284 g/mol. The van der Waals surface area contributed by atoms with Crippen molar-refractivity contribution in [3.05, 3.63) is 28.9 Å². The van der Waals surface area contributed by atoms with Crippen molar-refractivity contribution in [2.45, 2.75) is 13.0 Å². The molecule has 1 aromatic carbocycles. The van der Waals surface area contributed by atoms with Gasteiger partial charge in [-0.2, -0.15) is 0 Å². The van der Waals surface area contributed by atoms with Crippen LogP contribution in [0.2, 0.25) is 0 Å². The molecule has 5 heteroatoms. The standard InChI is InChI=1S/C12H9BrN2O2/c1-6-12(16)15-10-5-14-9-3-2-7(13)4-8(9)11(10)17-6/h2-6H,1H3,(H,15,16). The van der Waals surface area contributed by atoms with Crippen molar-refractivity contribution in [2.75, 3.05) is 5.32 Å². The first-order valence-electron chi connectivity index (χ1n) is 5.21. The van der Waals surface area contributed by atoms with Gasteiger partial charge in [-0.1, -0.05) is 15.9 Å². The lowest BCUT2D eigenvalue weighted by Crippen LogP contribution is -2.34. The molecule has 2 aromatic rings. The summed E-state index contributed by atoms with van der Waals surface area (Å²) in [6, 6.07) is 5.77. The molecule has 1 N–H and O–H groups in total. The molecule has 1 amide bonds. The Labute approximate surface area is 106 Å². The number of anilines is 1. The number of nitrogens with zero attached hydrogens (tertiary/aromatic N) is 1. The van der Waals surface area contributed by atoms with Gasteiger partial charge in [0, 0.05) is 9.86 Å². The van der Waals surface area contributed by atoms with E-state index in [2.05, 4.69) is 26.2 Å². The second-order valence-electron chi connectivity index (χ2n) is 3.91. The molecule has 0 radical (unpaired) electrons. The van der Waals surface area contributed by atoms with Gasteiger partial charge in [-0.05, 0) is 25.1 Å². The number of rotatable bonds is 0. The molecule has 0 fully saturated rings. The maximum Gasteiger partial charge on any atom is 0.265 e. The zero-order valence-corrected chi connectivity index (χ0v) is 10.6. The van der Waals surface area contributed by atoms with Gasteiger partial charge in [0.25, 0.3) is 5.91 Å². The normalized spacial score (nSPS) is 18.5. The van der Waals surface area contributed by atoms with Crippen molar-refractivity contribution < 1.29 is 9.53 Å². The third-order valence-electron chi connectivity index (χ3n) is 2.70. The van der Waals surface area contributed by atoms with Crippen LogP contribution in [0.25, 0.3) is 10.9 Å². The van der Waals surface area contributed by atoms with Crippen molar-refractivity contribution in [1.82, 2.24) is 4.98 Å². The molecule has 1 unspecified atom stereocenters. The van der Waals surface area contributed by atoms with Crippen LogP contribution in [-0.4, -0.2) is 17.0 Å². The van der Waals surface area contributed by atoms with Crippen molar-refractivity contribution in [1.29, 1.82) is 0 Å². The topological polar surface area (TPSA) is 51.2 Å². The van der Waals surface area contributed by atoms with Crippen LogP contribution in [0, 0.1) is 0 Å². The highest BCUT2D eigenvalue weighted by atomic mass is 79.9. The van der Waals surface area contributed by atoms with Gasteiger partial charge in [0.2, 0.25) is 0 Å². The smallest absolute Gasteiger partial charge is 0.265 e. The van der Waals surface area contributed by atoms with Crippen LogP contribution in [0.4, 0.5) is 5.69 Å². The number of ether oxygens (including phenoxy) is 1. The lowest BCUT2D eigenvalue weighted by atomic mass is 10.1. The fourth-order valence-corrected chi connectivity index (χ4v) is 2.18. The summed E-state index contributed by atoms with van der Waals surface area (Å²) in [5, 5.41) is 3.67. The quantitative estimate of drug-likeness (QED) is 0.812. The minimum atomic E-state index is -0.480. The van der Waals surface area contributed by atoms with Crippen molar-refractivity contribution >= 4 is 38.4 Å². The Hall–Kier alpha value is -1.62. The molecule has 3 rings (SSSR count). The highest BCUT2D eigenvalue weighted by molar-refractivity contribution is 9.10. The minimum Gasteiger partial charge on any atom is -0.478 e. The molecule has 86 valence electrons. The number of fused-ring (bicyclic) bond motifs is 3. The van der Waals surface area contributed by atoms with Crippen LogP contribution in [0.3, 0.4) is 0 Å². The van der Waals surface area contributed by atoms with Gasteiger partial charge in [-0.15, -0.1) is 0 Å². The summed E-state index contributed by atoms with van der Waals surface area (Å²) in [4.78, 5) is 15.8. The predicted molar refractivity (Wildman–Crippen MR) is 68.2 cm³/mol. The van der Waals surface area contributed by atoms with Crippen molar-refractivity contribution in [2.24, 2.45) is 0 Å². The monoisotopic (exact) mass is 292 g/mol. The number of halogens is 1. The zero-order valence-electron chi connectivity index (χ0n) is 9.03. The van der Waals surface area contributed by atoms with Crippen LogP contribution >= 0.6 is 15.9 Å². The van der Waals surface area contributed by atoms with Gasteiger partial charge in [-0.25, -0.2) is 0 Å². The molecule has 17 heavy (non-hydrogen) atoms. The number of aromatic nitrogens is 1. The van der Waals surface area contributed by atoms with Gasteiger partial charge in [0.1, 0.15) is 5.69 Å². The van der Waals surface area contributed by atoms with Crippen LogP contribution < -0.4 is 10.1 Å². The van der Waals surface area contributed by atoms with E-state index in [0.717, 1.165) is 15.4 Å². The number of hydrogen-bond acceptors (Lipinski definition) is 3. The predicted octanol–water partition coefficient (Wildman–Crippen LogP) is 2.72. The third-order valence-corrected chi connectivity index (χ3v) is 3.20. The van der Waals surface area contributed by atoms with Crippen LogP contribution in [0.15, 0.2) is 28.9 Å². The molecule has 0 spiro atoms. The molecule has 1 aliphatic rings. The van der Waals surface area contributed by atoms with E-state index in [1.165, 1.54) is 0 Å². The molecule has 4 nitrogen and oxygen atoms in total. The minimum absolute atomic E-state index is 0.145. The summed E-state index contributed by atoms with van der Waals surface area (Å²) in [5.74, 6) is 0.539. The molecular formula is C12H9BrN2O2. The van der Waals surface area contributed by atoms with Crippen molar-refractivity contribution in [3.8, 4) is 5.75 Å². The molecule has 1 atom stereocenters. The lowest BCUT2D eigenvalue weighted by Gasteiger charge is -2.24. The molecule has 0 bridgehead atoms. The van der Waals surface area contributed by atoms with Gasteiger partial charge in [0.05, 0.1) is 11.7 Å². The highest BCUT2D eigenvalue weighted by Gasteiger charge is 2.25. The van der Waals surface area contributed by atoms with E-state index in [-0.39, 0.29) is 5.91 Å². The zero-order chi connectivity index (χ0) is 12.0. The number of carbonyl (C=O) groups excluding carboxylic acids is 1. The number of carbonyl (C=O) groups is 1. The second kappa shape index (κ2) is 3.70. The molecule has 1 aromatic heterocycles. The summed E-state index contributed by atoms with van der Waals surface area (Å²) in [6.45, 7) is 1.72. The first-order chi connectivity index (χ1) is 8.15. The Kier molecular flexibility index (Phi) is 2.29. The lowest BCUT2D eigenvalue weighted by molar-refractivity contribution is -0.122. The highest BCUT2D eigenvalue weighted by Crippen LogP contribution is 2.36. The number of amides is 1. The first kappa shape index (κ1) is 10.5. The third kappa shape index (κ3) is 1.67. The Morgan fingerprint density at radius 2 is 2.29 bits per heavy atom.